The number of hydrogen-bond donors (Lipinski definition) is 5. The van der Waals surface area contributed by atoms with E-state index in [9.17, 15) is 33.0 Å². The van der Waals surface area contributed by atoms with Crippen molar-refractivity contribution in [2.24, 2.45) is 11.7 Å². The largest absolute Gasteiger partial charge is 0.508 e. The number of phenols is 1. The number of hydrogen-bond acceptors (Lipinski definition) is 8. The minimum Gasteiger partial charge on any atom is -0.508 e. The predicted octanol–water partition coefficient (Wildman–Crippen LogP) is 3.05. The molecule has 2 aromatic rings. The van der Waals surface area contributed by atoms with Gasteiger partial charge in [0.2, 0.25) is 15.9 Å². The normalized spacial score (nSPS) is 13.0. The molecule has 13 heteroatoms. The average molecular weight is 662 g/mol. The first-order valence-corrected chi connectivity index (χ1v) is 17.6. The molecule has 256 valence electrons. The standard InChI is InChI=1S/C33H51N5O7S/c1-6-9-16-38(36-46(44,45)22-23(4)5)21-30(40)29(17-24-10-12-28(39)13-11-24)35-32(42)26-18-25(31(34)41)19-27(20-26)33(43)37(14-7-2)15-8-3/h10-13,18-20,23,29-30,36,39-40H,6-9,14-17,21-22H2,1-5H3,(H2,34,41)(H,35,42). The van der Waals surface area contributed by atoms with E-state index in [1.165, 1.54) is 35.3 Å². The van der Waals surface area contributed by atoms with Crippen molar-refractivity contribution < 1.29 is 33.0 Å². The molecule has 46 heavy (non-hydrogen) atoms. The molecule has 0 aromatic heterocycles. The van der Waals surface area contributed by atoms with Gasteiger partial charge in [0.1, 0.15) is 5.75 Å². The predicted molar refractivity (Wildman–Crippen MR) is 179 cm³/mol. The molecule has 0 bridgehead atoms. The number of primary amides is 1. The molecule has 0 saturated heterocycles. The fourth-order valence-electron chi connectivity index (χ4n) is 5.03. The second-order valence-corrected chi connectivity index (χ2v) is 13.8. The molecule has 2 unspecified atom stereocenters. The number of aliphatic hydroxyl groups excluding tert-OH is 1. The highest BCUT2D eigenvalue weighted by Crippen LogP contribution is 2.17. The molecule has 2 aromatic carbocycles. The van der Waals surface area contributed by atoms with Crippen LogP contribution < -0.4 is 15.9 Å². The van der Waals surface area contributed by atoms with E-state index in [2.05, 4.69) is 10.1 Å². The first kappa shape index (κ1) is 38.7. The second-order valence-electron chi connectivity index (χ2n) is 12.0. The van der Waals surface area contributed by atoms with Gasteiger partial charge in [0.15, 0.2) is 0 Å². The van der Waals surface area contributed by atoms with E-state index in [1.54, 1.807) is 30.9 Å². The van der Waals surface area contributed by atoms with E-state index in [1.807, 2.05) is 20.8 Å². The molecule has 0 heterocycles. The van der Waals surface area contributed by atoms with E-state index in [0.29, 0.717) is 31.6 Å². The number of benzene rings is 2. The maximum atomic E-state index is 13.7. The van der Waals surface area contributed by atoms with Crippen LogP contribution in [0.5, 0.6) is 5.75 Å². The lowest BCUT2D eigenvalue weighted by atomic mass is 9.99. The third-order valence-corrected chi connectivity index (χ3v) is 8.83. The number of nitrogens with one attached hydrogen (secondary N) is 2. The topological polar surface area (TPSA) is 182 Å². The van der Waals surface area contributed by atoms with Crippen molar-refractivity contribution in [3.8, 4) is 5.75 Å². The van der Waals surface area contributed by atoms with Crippen molar-refractivity contribution in [2.75, 3.05) is 31.9 Å². The number of amides is 3. The fourth-order valence-corrected chi connectivity index (χ4v) is 6.54. The van der Waals surface area contributed by atoms with Crippen LogP contribution in [0, 0.1) is 5.92 Å². The second kappa shape index (κ2) is 18.6. The molecule has 0 aliphatic carbocycles. The summed E-state index contributed by atoms with van der Waals surface area (Å²) in [5, 5.41) is 25.5. The van der Waals surface area contributed by atoms with Crippen LogP contribution in [0.3, 0.4) is 0 Å². The first-order valence-electron chi connectivity index (χ1n) is 16.0. The van der Waals surface area contributed by atoms with Crippen molar-refractivity contribution >= 4 is 27.7 Å². The van der Waals surface area contributed by atoms with Gasteiger partial charge < -0.3 is 26.2 Å². The Labute approximate surface area is 273 Å². The molecule has 6 N–H and O–H groups in total. The Balaban J connectivity index is 2.45. The number of aliphatic hydroxyl groups is 1. The number of phenolic OH excluding ortho intramolecular Hbond substituents is 1. The first-order chi connectivity index (χ1) is 21.7. The van der Waals surface area contributed by atoms with E-state index >= 15 is 0 Å². The average Bonchev–Trinajstić information content (AvgIpc) is 2.98. The lowest BCUT2D eigenvalue weighted by Crippen LogP contribution is -2.54. The maximum absolute atomic E-state index is 13.7. The number of carbonyl (C=O) groups is 3. The molecule has 0 spiro atoms. The fraction of sp³-hybridized carbons (Fsp3) is 0.545. The Kier molecular flexibility index (Phi) is 15.6. The Morgan fingerprint density at radius 3 is 2.02 bits per heavy atom. The highest BCUT2D eigenvalue weighted by molar-refractivity contribution is 7.89. The summed E-state index contributed by atoms with van der Waals surface area (Å²) in [6.45, 7) is 10.7. The third-order valence-electron chi connectivity index (χ3n) is 7.18. The Bertz CT molecular complexity index is 1390. The molecule has 0 aliphatic rings. The van der Waals surface area contributed by atoms with Gasteiger partial charge >= 0.3 is 0 Å². The van der Waals surface area contributed by atoms with Gasteiger partial charge in [-0.1, -0.05) is 53.2 Å². The molecule has 2 atom stereocenters. The highest BCUT2D eigenvalue weighted by atomic mass is 32.2. The summed E-state index contributed by atoms with van der Waals surface area (Å²) in [6.07, 6.45) is 1.80. The zero-order valence-electron chi connectivity index (χ0n) is 27.7. The van der Waals surface area contributed by atoms with Crippen LogP contribution in [0.1, 0.15) is 96.9 Å². The van der Waals surface area contributed by atoms with Gasteiger partial charge in [-0.05, 0) is 67.5 Å². The van der Waals surface area contributed by atoms with Crippen LogP contribution in [0.15, 0.2) is 42.5 Å². The molecular formula is C33H51N5O7S. The lowest BCUT2D eigenvalue weighted by molar-refractivity contribution is 0.0614. The number of carbonyl (C=O) groups excluding carboxylic acids is 3. The van der Waals surface area contributed by atoms with E-state index < -0.39 is 34.0 Å². The van der Waals surface area contributed by atoms with Crippen LogP contribution in [0.2, 0.25) is 0 Å². The van der Waals surface area contributed by atoms with Gasteiger partial charge in [-0.15, -0.1) is 4.83 Å². The number of nitrogens with zero attached hydrogens (tertiary/aromatic N) is 2. The van der Waals surface area contributed by atoms with Crippen LogP contribution in [-0.2, 0) is 16.4 Å². The number of hydrazine groups is 1. The number of nitrogens with two attached hydrogens (primary N) is 1. The molecular weight excluding hydrogens is 610 g/mol. The molecule has 0 fully saturated rings. The summed E-state index contributed by atoms with van der Waals surface area (Å²) in [6, 6.07) is 9.43. The quantitative estimate of drug-likeness (QED) is 0.134. The van der Waals surface area contributed by atoms with Gasteiger partial charge in [0, 0.05) is 42.9 Å². The van der Waals surface area contributed by atoms with Crippen molar-refractivity contribution in [2.45, 2.75) is 78.9 Å². The number of sulfonamides is 1. The van der Waals surface area contributed by atoms with Gasteiger partial charge in [0.05, 0.1) is 17.9 Å². The molecule has 0 saturated carbocycles. The SMILES string of the molecule is CCCCN(CC(O)C(Cc1ccc(O)cc1)NC(=O)c1cc(C(N)=O)cc(C(=O)N(CCC)CCC)c1)NS(=O)(=O)CC(C)C. The van der Waals surface area contributed by atoms with Crippen LogP contribution in [0.4, 0.5) is 0 Å². The van der Waals surface area contributed by atoms with Crippen LogP contribution in [0.25, 0.3) is 0 Å². The molecule has 12 nitrogen and oxygen atoms in total. The monoisotopic (exact) mass is 661 g/mol. The summed E-state index contributed by atoms with van der Waals surface area (Å²) >= 11 is 0. The minimum absolute atomic E-state index is 0.00937. The van der Waals surface area contributed by atoms with Crippen molar-refractivity contribution in [1.29, 1.82) is 0 Å². The van der Waals surface area contributed by atoms with E-state index in [4.69, 9.17) is 5.73 Å². The third kappa shape index (κ3) is 12.7. The summed E-state index contributed by atoms with van der Waals surface area (Å²) in [5.41, 5.74) is 6.40. The Morgan fingerprint density at radius 2 is 1.48 bits per heavy atom. The number of aromatic hydroxyl groups is 1. The van der Waals surface area contributed by atoms with Crippen molar-refractivity contribution in [3.05, 3.63) is 64.7 Å². The summed E-state index contributed by atoms with van der Waals surface area (Å²) in [4.78, 5) is 43.5. The van der Waals surface area contributed by atoms with Gasteiger partial charge in [-0.2, -0.15) is 0 Å². The zero-order chi connectivity index (χ0) is 34.4. The van der Waals surface area contributed by atoms with Crippen molar-refractivity contribution in [3.63, 3.8) is 0 Å². The molecule has 0 aliphatic heterocycles. The summed E-state index contributed by atoms with van der Waals surface area (Å²) in [5.74, 6) is -1.94. The number of rotatable bonds is 20. The van der Waals surface area contributed by atoms with Gasteiger partial charge in [-0.3, -0.25) is 14.4 Å². The lowest BCUT2D eigenvalue weighted by Gasteiger charge is -2.30. The summed E-state index contributed by atoms with van der Waals surface area (Å²) < 4.78 is 25.5. The zero-order valence-corrected chi connectivity index (χ0v) is 28.5. The minimum atomic E-state index is -3.68. The summed E-state index contributed by atoms with van der Waals surface area (Å²) in [7, 11) is -3.68. The van der Waals surface area contributed by atoms with E-state index in [0.717, 1.165) is 19.3 Å². The highest BCUT2D eigenvalue weighted by Gasteiger charge is 2.28. The van der Waals surface area contributed by atoms with Crippen LogP contribution >= 0.6 is 0 Å². The van der Waals surface area contributed by atoms with Gasteiger partial charge in [-0.25, -0.2) is 13.4 Å². The van der Waals surface area contributed by atoms with E-state index in [-0.39, 0.29) is 53.0 Å². The number of unbranched alkanes of at least 4 members (excludes halogenated alkanes) is 1. The maximum Gasteiger partial charge on any atom is 0.253 e. The molecule has 0 radical (unpaired) electrons. The Hall–Kier alpha value is -3.52. The smallest absolute Gasteiger partial charge is 0.253 e. The molecule has 3 amide bonds. The van der Waals surface area contributed by atoms with Crippen LogP contribution in [-0.4, -0.2) is 90.3 Å². The molecule has 2 rings (SSSR count). The van der Waals surface area contributed by atoms with Crippen molar-refractivity contribution in [1.82, 2.24) is 20.1 Å². The Morgan fingerprint density at radius 1 is 0.891 bits per heavy atom. The van der Waals surface area contributed by atoms with Gasteiger partial charge in [0.25, 0.3) is 11.8 Å².